The molecule has 0 aliphatic heterocycles. The third-order valence-corrected chi connectivity index (χ3v) is 5.56. The van der Waals surface area contributed by atoms with Crippen LogP contribution in [0.15, 0.2) is 16.9 Å². The molecule has 34 heavy (non-hydrogen) atoms. The molecule has 0 bridgehead atoms. The van der Waals surface area contributed by atoms with Crippen LogP contribution in [-0.2, 0) is 13.1 Å². The van der Waals surface area contributed by atoms with Gasteiger partial charge in [-0.1, -0.05) is 34.1 Å². The highest BCUT2D eigenvalue weighted by atomic mass is 16.5. The van der Waals surface area contributed by atoms with Crippen molar-refractivity contribution in [2.75, 3.05) is 20.8 Å². The van der Waals surface area contributed by atoms with Crippen molar-refractivity contribution in [2.24, 2.45) is 5.41 Å². The minimum Gasteiger partial charge on any atom is -0.493 e. The molecule has 0 saturated carbocycles. The largest absolute Gasteiger partial charge is 0.493 e. The highest BCUT2D eigenvalue weighted by Crippen LogP contribution is 2.38. The Kier molecular flexibility index (Phi) is 8.50. The predicted octanol–water partition coefficient (Wildman–Crippen LogP) is 5.52. The van der Waals surface area contributed by atoms with Crippen LogP contribution in [0.2, 0.25) is 0 Å². The van der Waals surface area contributed by atoms with Crippen LogP contribution in [0, 0.1) is 5.41 Å². The number of nitrogens with zero attached hydrogens (tertiary/aromatic N) is 2. The van der Waals surface area contributed by atoms with Crippen molar-refractivity contribution in [3.05, 3.63) is 28.2 Å². The third kappa shape index (κ3) is 6.15. The van der Waals surface area contributed by atoms with Crippen molar-refractivity contribution in [1.82, 2.24) is 9.47 Å². The molecule has 1 amide bonds. The SMILES string of the molecule is CCCCOc1c(CN(C(=O)O)C(C)(C)C)n(CC(C)(C)C)c(=O)c2cc(OC)c(OC)cc12. The summed E-state index contributed by atoms with van der Waals surface area (Å²) < 4.78 is 18.9. The van der Waals surface area contributed by atoms with Gasteiger partial charge in [0.15, 0.2) is 11.5 Å². The van der Waals surface area contributed by atoms with Gasteiger partial charge in [0.2, 0.25) is 0 Å². The van der Waals surface area contributed by atoms with Gasteiger partial charge >= 0.3 is 6.09 Å². The lowest BCUT2D eigenvalue weighted by molar-refractivity contribution is 0.0924. The summed E-state index contributed by atoms with van der Waals surface area (Å²) in [5, 5.41) is 11.0. The highest BCUT2D eigenvalue weighted by Gasteiger charge is 2.31. The van der Waals surface area contributed by atoms with Crippen molar-refractivity contribution < 1.29 is 24.1 Å². The van der Waals surface area contributed by atoms with E-state index in [-0.39, 0.29) is 17.5 Å². The van der Waals surface area contributed by atoms with Gasteiger partial charge in [0, 0.05) is 17.5 Å². The van der Waals surface area contributed by atoms with E-state index < -0.39 is 11.6 Å². The summed E-state index contributed by atoms with van der Waals surface area (Å²) in [4.78, 5) is 27.4. The summed E-state index contributed by atoms with van der Waals surface area (Å²) >= 11 is 0. The smallest absolute Gasteiger partial charge is 0.408 e. The molecule has 0 fully saturated rings. The Hall–Kier alpha value is -2.90. The van der Waals surface area contributed by atoms with Gasteiger partial charge in [-0.25, -0.2) is 4.79 Å². The van der Waals surface area contributed by atoms with Crippen LogP contribution in [0.3, 0.4) is 0 Å². The number of pyridine rings is 1. The molecule has 8 heteroatoms. The number of rotatable bonds is 9. The van der Waals surface area contributed by atoms with Gasteiger partial charge in [-0.2, -0.15) is 0 Å². The Morgan fingerprint density at radius 2 is 1.59 bits per heavy atom. The molecule has 0 unspecified atom stereocenters. The van der Waals surface area contributed by atoms with Gasteiger partial charge in [-0.15, -0.1) is 0 Å². The van der Waals surface area contributed by atoms with Gasteiger partial charge in [0.25, 0.3) is 5.56 Å². The van der Waals surface area contributed by atoms with Crippen LogP contribution in [0.1, 0.15) is 67.0 Å². The van der Waals surface area contributed by atoms with Gasteiger partial charge in [-0.05, 0) is 44.7 Å². The fourth-order valence-electron chi connectivity index (χ4n) is 3.81. The van der Waals surface area contributed by atoms with Gasteiger partial charge < -0.3 is 23.9 Å². The van der Waals surface area contributed by atoms with Crippen molar-refractivity contribution in [1.29, 1.82) is 0 Å². The number of fused-ring (bicyclic) bond motifs is 1. The minimum atomic E-state index is -1.06. The Bertz CT molecular complexity index is 1080. The van der Waals surface area contributed by atoms with E-state index in [4.69, 9.17) is 14.2 Å². The first-order chi connectivity index (χ1) is 15.7. The Morgan fingerprint density at radius 3 is 2.03 bits per heavy atom. The molecule has 1 heterocycles. The predicted molar refractivity (Wildman–Crippen MR) is 134 cm³/mol. The molecule has 8 nitrogen and oxygen atoms in total. The van der Waals surface area contributed by atoms with Crippen molar-refractivity contribution in [2.45, 2.75) is 79.9 Å². The highest BCUT2D eigenvalue weighted by molar-refractivity contribution is 5.91. The van der Waals surface area contributed by atoms with Crippen LogP contribution >= 0.6 is 0 Å². The molecule has 0 spiro atoms. The lowest BCUT2D eigenvalue weighted by Gasteiger charge is -2.35. The zero-order valence-corrected chi connectivity index (χ0v) is 22.1. The molecule has 1 aromatic heterocycles. The number of benzene rings is 1. The molecule has 0 aliphatic rings. The summed E-state index contributed by atoms with van der Waals surface area (Å²) in [7, 11) is 3.06. The van der Waals surface area contributed by atoms with E-state index in [0.29, 0.717) is 46.9 Å². The van der Waals surface area contributed by atoms with Crippen LogP contribution in [0.5, 0.6) is 17.2 Å². The monoisotopic (exact) mass is 476 g/mol. The van der Waals surface area contributed by atoms with E-state index in [0.717, 1.165) is 12.8 Å². The van der Waals surface area contributed by atoms with E-state index in [1.54, 1.807) is 16.7 Å². The number of unbranched alkanes of at least 4 members (excludes halogenated alkanes) is 1. The molecular formula is C26H40N2O6. The fraction of sp³-hybridized carbons (Fsp3) is 0.615. The molecule has 0 radical (unpaired) electrons. The summed E-state index contributed by atoms with van der Waals surface area (Å²) in [6, 6.07) is 3.41. The van der Waals surface area contributed by atoms with E-state index in [2.05, 4.69) is 6.92 Å². The maximum Gasteiger partial charge on any atom is 0.408 e. The molecule has 2 rings (SSSR count). The Balaban J connectivity index is 2.98. The molecule has 1 aromatic carbocycles. The lowest BCUT2D eigenvalue weighted by Crippen LogP contribution is -2.45. The minimum absolute atomic E-state index is 0.00982. The second kappa shape index (κ2) is 10.6. The second-order valence-electron chi connectivity index (χ2n) is 10.7. The maximum atomic E-state index is 13.8. The van der Waals surface area contributed by atoms with Crippen LogP contribution in [-0.4, -0.2) is 47.0 Å². The molecule has 0 atom stereocenters. The Morgan fingerprint density at radius 1 is 1.03 bits per heavy atom. The third-order valence-electron chi connectivity index (χ3n) is 5.56. The van der Waals surface area contributed by atoms with E-state index >= 15 is 0 Å². The zero-order valence-electron chi connectivity index (χ0n) is 22.1. The van der Waals surface area contributed by atoms with Crippen LogP contribution in [0.25, 0.3) is 10.8 Å². The van der Waals surface area contributed by atoms with Gasteiger partial charge in [0.05, 0.1) is 38.5 Å². The Labute approximate surface area is 202 Å². The van der Waals surface area contributed by atoms with Crippen LogP contribution in [0.4, 0.5) is 4.79 Å². The number of carbonyl (C=O) groups is 1. The number of methoxy groups -OCH3 is 2. The molecule has 2 aromatic rings. The number of aromatic nitrogens is 1. The summed E-state index contributed by atoms with van der Waals surface area (Å²) in [6.45, 7) is 14.5. The number of amides is 1. The molecule has 0 saturated heterocycles. The first kappa shape index (κ1) is 27.3. The first-order valence-corrected chi connectivity index (χ1v) is 11.7. The zero-order chi connectivity index (χ0) is 25.8. The van der Waals surface area contributed by atoms with Crippen molar-refractivity contribution in [3.8, 4) is 17.2 Å². The second-order valence-corrected chi connectivity index (χ2v) is 10.7. The molecule has 1 N–H and O–H groups in total. The summed E-state index contributed by atoms with van der Waals surface area (Å²) in [6.07, 6.45) is 0.707. The summed E-state index contributed by atoms with van der Waals surface area (Å²) in [5.41, 5.74) is -0.600. The number of carboxylic acid groups (broad SMARTS) is 1. The average molecular weight is 477 g/mol. The standard InChI is InChI=1S/C26H40N2O6/c1-10-11-12-34-22-17-13-20(32-8)21(33-9)14-18(17)23(29)27(16-25(2,3)4)19(22)15-28(24(30)31)26(5,6)7/h13-14H,10-12,15-16H2,1-9H3,(H,30,31). The average Bonchev–Trinajstić information content (AvgIpc) is 2.73. The quantitative estimate of drug-likeness (QED) is 0.479. The van der Waals surface area contributed by atoms with E-state index in [1.165, 1.54) is 19.1 Å². The van der Waals surface area contributed by atoms with E-state index in [9.17, 15) is 14.7 Å². The first-order valence-electron chi connectivity index (χ1n) is 11.7. The number of hydrogen-bond acceptors (Lipinski definition) is 5. The topological polar surface area (TPSA) is 90.2 Å². The maximum absolute atomic E-state index is 13.8. The van der Waals surface area contributed by atoms with E-state index in [1.807, 2.05) is 41.5 Å². The lowest BCUT2D eigenvalue weighted by atomic mass is 9.95. The fourth-order valence-corrected chi connectivity index (χ4v) is 3.81. The van der Waals surface area contributed by atoms with Crippen molar-refractivity contribution in [3.63, 3.8) is 0 Å². The van der Waals surface area contributed by atoms with Gasteiger partial charge in [0.1, 0.15) is 5.75 Å². The molecule has 0 aliphatic carbocycles. The number of hydrogen-bond donors (Lipinski definition) is 1. The normalized spacial score (nSPS) is 12.0. The molecule has 190 valence electrons. The van der Waals surface area contributed by atoms with Gasteiger partial charge in [-0.3, -0.25) is 9.69 Å². The van der Waals surface area contributed by atoms with Crippen LogP contribution < -0.4 is 19.8 Å². The number of ether oxygens (including phenoxy) is 3. The molecular weight excluding hydrogens is 436 g/mol. The van der Waals surface area contributed by atoms with Crippen molar-refractivity contribution >= 4 is 16.9 Å². The summed E-state index contributed by atoms with van der Waals surface area (Å²) in [5.74, 6) is 1.42.